The van der Waals surface area contributed by atoms with Gasteiger partial charge in [-0.25, -0.2) is 4.98 Å². The van der Waals surface area contributed by atoms with Crippen molar-refractivity contribution in [2.24, 2.45) is 0 Å². The maximum atomic E-state index is 12.2. The van der Waals surface area contributed by atoms with E-state index < -0.39 is 6.61 Å². The van der Waals surface area contributed by atoms with E-state index in [2.05, 4.69) is 30.6 Å². The monoisotopic (exact) mass is 322 g/mol. The van der Waals surface area contributed by atoms with Crippen molar-refractivity contribution in [3.8, 4) is 5.75 Å². The van der Waals surface area contributed by atoms with Crippen LogP contribution in [0.15, 0.2) is 18.3 Å². The Morgan fingerprint density at radius 1 is 1.41 bits per heavy atom. The van der Waals surface area contributed by atoms with E-state index >= 15 is 0 Å². The summed E-state index contributed by atoms with van der Waals surface area (Å²) in [7, 11) is 0. The molecular weight excluding hydrogens is 317 g/mol. The summed E-state index contributed by atoms with van der Waals surface area (Å²) >= 11 is 9.08. The van der Waals surface area contributed by atoms with Gasteiger partial charge in [-0.05, 0) is 11.6 Å². The first-order valence-electron chi connectivity index (χ1n) is 4.56. The van der Waals surface area contributed by atoms with Gasteiger partial charge < -0.3 is 4.74 Å². The number of hydrogen-bond donors (Lipinski definition) is 0. The Kier molecular flexibility index (Phi) is 3.73. The zero-order valence-electron chi connectivity index (χ0n) is 8.33. The van der Waals surface area contributed by atoms with Crippen molar-refractivity contribution >= 4 is 38.6 Å². The van der Waals surface area contributed by atoms with Crippen molar-refractivity contribution in [2.75, 3.05) is 0 Å². The van der Waals surface area contributed by atoms with Crippen LogP contribution in [0.4, 0.5) is 8.78 Å². The summed E-state index contributed by atoms with van der Waals surface area (Å²) in [6, 6.07) is 2.95. The molecule has 0 N–H and O–H groups in total. The molecule has 0 spiro atoms. The molecule has 0 saturated carbocycles. The topological polar surface area (TPSA) is 35.0 Å². The quantitative estimate of drug-likeness (QED) is 0.637. The van der Waals surface area contributed by atoms with Gasteiger partial charge in [0.25, 0.3) is 0 Å². The van der Waals surface area contributed by atoms with E-state index in [1.807, 2.05) is 0 Å². The van der Waals surface area contributed by atoms with Gasteiger partial charge in [-0.1, -0.05) is 27.5 Å². The van der Waals surface area contributed by atoms with Crippen LogP contribution in [0.5, 0.6) is 5.75 Å². The molecule has 2 aromatic rings. The van der Waals surface area contributed by atoms with Gasteiger partial charge in [0.15, 0.2) is 5.75 Å². The Morgan fingerprint density at radius 3 is 2.82 bits per heavy atom. The fourth-order valence-corrected chi connectivity index (χ4v) is 2.07. The van der Waals surface area contributed by atoms with Gasteiger partial charge >= 0.3 is 6.61 Å². The Labute approximate surface area is 109 Å². The maximum Gasteiger partial charge on any atom is 0.387 e. The highest BCUT2D eigenvalue weighted by atomic mass is 79.9. The summed E-state index contributed by atoms with van der Waals surface area (Å²) in [5.41, 5.74) is 1.49. The Morgan fingerprint density at radius 2 is 2.18 bits per heavy atom. The van der Waals surface area contributed by atoms with E-state index in [0.717, 1.165) is 5.56 Å². The number of alkyl halides is 3. The summed E-state index contributed by atoms with van der Waals surface area (Å²) < 4.78 is 28.8. The SMILES string of the molecule is FC(F)Oc1ccnc2c(CBr)cc(Cl)nc12. The summed E-state index contributed by atoms with van der Waals surface area (Å²) in [5.74, 6) is -0.0327. The third-order valence-electron chi connectivity index (χ3n) is 2.06. The number of ether oxygens (including phenoxy) is 1. The van der Waals surface area contributed by atoms with E-state index in [9.17, 15) is 8.78 Å². The highest BCUT2D eigenvalue weighted by Gasteiger charge is 2.13. The van der Waals surface area contributed by atoms with Gasteiger partial charge in [0, 0.05) is 17.6 Å². The first-order valence-corrected chi connectivity index (χ1v) is 6.06. The third-order valence-corrected chi connectivity index (χ3v) is 2.86. The van der Waals surface area contributed by atoms with Crippen molar-refractivity contribution in [2.45, 2.75) is 11.9 Å². The number of nitrogens with zero attached hydrogens (tertiary/aromatic N) is 2. The van der Waals surface area contributed by atoms with Crippen LogP contribution in [0.2, 0.25) is 5.15 Å². The predicted octanol–water partition coefficient (Wildman–Crippen LogP) is 3.78. The molecule has 0 atom stereocenters. The number of fused-ring (bicyclic) bond motifs is 1. The summed E-state index contributed by atoms with van der Waals surface area (Å²) in [6.45, 7) is -2.91. The second kappa shape index (κ2) is 5.10. The molecule has 0 aliphatic rings. The lowest BCUT2D eigenvalue weighted by atomic mass is 10.2. The Balaban J connectivity index is 2.66. The first-order chi connectivity index (χ1) is 8.11. The Bertz CT molecular complexity index is 553. The minimum absolute atomic E-state index is 0.0327. The summed E-state index contributed by atoms with van der Waals surface area (Å²) in [4.78, 5) is 8.05. The van der Waals surface area contributed by atoms with Crippen LogP contribution in [0.1, 0.15) is 5.56 Å². The third kappa shape index (κ3) is 2.63. The molecule has 0 aromatic carbocycles. The second-order valence-corrected chi connectivity index (χ2v) is 4.07. The molecule has 17 heavy (non-hydrogen) atoms. The molecule has 0 radical (unpaired) electrons. The molecule has 0 bridgehead atoms. The number of hydrogen-bond acceptors (Lipinski definition) is 3. The molecule has 3 nitrogen and oxygen atoms in total. The van der Waals surface area contributed by atoms with Crippen molar-refractivity contribution in [1.82, 2.24) is 9.97 Å². The van der Waals surface area contributed by atoms with Crippen LogP contribution in [0.3, 0.4) is 0 Å². The predicted molar refractivity (Wildman–Crippen MR) is 63.8 cm³/mol. The first kappa shape index (κ1) is 12.4. The number of aromatic nitrogens is 2. The van der Waals surface area contributed by atoms with Crippen molar-refractivity contribution in [3.05, 3.63) is 29.0 Å². The molecule has 0 unspecified atom stereocenters. The fourth-order valence-electron chi connectivity index (χ4n) is 1.42. The van der Waals surface area contributed by atoms with E-state index in [4.69, 9.17) is 11.6 Å². The molecule has 0 fully saturated rings. The van der Waals surface area contributed by atoms with Crippen LogP contribution >= 0.6 is 27.5 Å². The van der Waals surface area contributed by atoms with Gasteiger partial charge in [0.2, 0.25) is 0 Å². The number of halogens is 4. The molecule has 90 valence electrons. The molecule has 2 heterocycles. The zero-order chi connectivity index (χ0) is 12.4. The molecular formula is C10H6BrClF2N2O. The average molecular weight is 324 g/mol. The summed E-state index contributed by atoms with van der Waals surface area (Å²) in [6.07, 6.45) is 1.39. The van der Waals surface area contributed by atoms with Crippen LogP contribution in [0.25, 0.3) is 11.0 Å². The highest BCUT2D eigenvalue weighted by molar-refractivity contribution is 9.08. The lowest BCUT2D eigenvalue weighted by Gasteiger charge is -2.09. The van der Waals surface area contributed by atoms with Crippen LogP contribution in [-0.2, 0) is 5.33 Å². The largest absolute Gasteiger partial charge is 0.432 e. The minimum atomic E-state index is -2.91. The van der Waals surface area contributed by atoms with E-state index in [-0.39, 0.29) is 16.4 Å². The van der Waals surface area contributed by atoms with Crippen LogP contribution in [0, 0.1) is 0 Å². The standard InChI is InChI=1S/C10H6BrClF2N2O/c11-4-5-3-7(12)16-9-6(17-10(13)14)1-2-15-8(5)9/h1-3,10H,4H2. The van der Waals surface area contributed by atoms with E-state index in [0.29, 0.717) is 10.8 Å². The lowest BCUT2D eigenvalue weighted by Crippen LogP contribution is -2.04. The molecule has 0 aliphatic heterocycles. The normalized spacial score (nSPS) is 11.1. The minimum Gasteiger partial charge on any atom is -0.432 e. The number of pyridine rings is 2. The molecule has 2 aromatic heterocycles. The van der Waals surface area contributed by atoms with Gasteiger partial charge in [-0.3, -0.25) is 4.98 Å². The number of rotatable bonds is 3. The van der Waals surface area contributed by atoms with Gasteiger partial charge in [-0.2, -0.15) is 8.78 Å². The molecule has 0 saturated heterocycles. The molecule has 0 amide bonds. The smallest absolute Gasteiger partial charge is 0.387 e. The lowest BCUT2D eigenvalue weighted by molar-refractivity contribution is -0.0489. The van der Waals surface area contributed by atoms with Crippen LogP contribution < -0.4 is 4.74 Å². The fraction of sp³-hybridized carbons (Fsp3) is 0.200. The van der Waals surface area contributed by atoms with Crippen molar-refractivity contribution in [3.63, 3.8) is 0 Å². The van der Waals surface area contributed by atoms with Crippen molar-refractivity contribution < 1.29 is 13.5 Å². The van der Waals surface area contributed by atoms with E-state index in [1.54, 1.807) is 6.07 Å². The van der Waals surface area contributed by atoms with Gasteiger partial charge in [0.05, 0.1) is 5.52 Å². The molecule has 2 rings (SSSR count). The summed E-state index contributed by atoms with van der Waals surface area (Å²) in [5, 5.41) is 0.704. The van der Waals surface area contributed by atoms with E-state index in [1.165, 1.54) is 12.3 Å². The van der Waals surface area contributed by atoms with Crippen molar-refractivity contribution in [1.29, 1.82) is 0 Å². The van der Waals surface area contributed by atoms with Gasteiger partial charge in [0.1, 0.15) is 10.7 Å². The Hall–Kier alpha value is -1.01. The second-order valence-electron chi connectivity index (χ2n) is 3.12. The average Bonchev–Trinajstić information content (AvgIpc) is 2.28. The van der Waals surface area contributed by atoms with Crippen LogP contribution in [-0.4, -0.2) is 16.6 Å². The zero-order valence-corrected chi connectivity index (χ0v) is 10.7. The molecule has 0 aliphatic carbocycles. The highest BCUT2D eigenvalue weighted by Crippen LogP contribution is 2.28. The van der Waals surface area contributed by atoms with Gasteiger partial charge in [-0.15, -0.1) is 0 Å². The molecule has 7 heteroatoms. The maximum absolute atomic E-state index is 12.2.